The van der Waals surface area contributed by atoms with Crippen molar-refractivity contribution < 1.29 is 17.5 Å². The summed E-state index contributed by atoms with van der Waals surface area (Å²) < 4.78 is 47.0. The van der Waals surface area contributed by atoms with Crippen molar-refractivity contribution in [3.63, 3.8) is 0 Å². The van der Waals surface area contributed by atoms with Crippen molar-refractivity contribution >= 4 is 21.1 Å². The van der Waals surface area contributed by atoms with Gasteiger partial charge in [0.25, 0.3) is 0 Å². The van der Waals surface area contributed by atoms with Gasteiger partial charge in [0.15, 0.2) is 0 Å². The largest absolute Gasteiger partial charge is 0.494 e. The number of benzene rings is 2. The summed E-state index contributed by atoms with van der Waals surface area (Å²) in [5.41, 5.74) is 1.62. The van der Waals surface area contributed by atoms with Crippen LogP contribution in [-0.2, 0) is 23.1 Å². The van der Waals surface area contributed by atoms with E-state index in [-0.39, 0.29) is 10.7 Å². The molecule has 0 aliphatic heterocycles. The number of ether oxygens (including phenoxy) is 1. The number of aromatic nitrogens is 2. The average Bonchev–Trinajstić information content (AvgIpc) is 3.09. The van der Waals surface area contributed by atoms with Gasteiger partial charge in [-0.25, -0.2) is 22.1 Å². The summed E-state index contributed by atoms with van der Waals surface area (Å²) in [7, 11) is 1.56. The number of aryl methyl sites for hydroxylation is 1. The maximum atomic E-state index is 13.0. The molecular weight excluding hydrogens is 431 g/mol. The fourth-order valence-corrected chi connectivity index (χ4v) is 4.42. The van der Waals surface area contributed by atoms with Crippen molar-refractivity contribution in [1.29, 1.82) is 0 Å². The lowest BCUT2D eigenvalue weighted by Gasteiger charge is -2.17. The van der Waals surface area contributed by atoms with E-state index in [2.05, 4.69) is 16.4 Å². The van der Waals surface area contributed by atoms with Gasteiger partial charge in [-0.05, 0) is 62.4 Å². The molecule has 0 aliphatic carbocycles. The van der Waals surface area contributed by atoms with Crippen LogP contribution in [0.15, 0.2) is 47.4 Å². The molecule has 1 heterocycles. The molecule has 32 heavy (non-hydrogen) atoms. The van der Waals surface area contributed by atoms with Gasteiger partial charge in [-0.2, -0.15) is 0 Å². The monoisotopic (exact) mass is 462 g/mol. The van der Waals surface area contributed by atoms with Crippen molar-refractivity contribution in [2.75, 3.05) is 34.3 Å². The molecule has 7 nitrogen and oxygen atoms in total. The van der Waals surface area contributed by atoms with Crippen molar-refractivity contribution in [1.82, 2.24) is 18.8 Å². The van der Waals surface area contributed by atoms with Crippen LogP contribution >= 0.6 is 0 Å². The molecule has 0 spiro atoms. The van der Waals surface area contributed by atoms with Crippen molar-refractivity contribution in [3.05, 3.63) is 54.1 Å². The molecule has 3 aromatic rings. The van der Waals surface area contributed by atoms with Crippen molar-refractivity contribution in [2.24, 2.45) is 0 Å². The van der Waals surface area contributed by atoms with E-state index in [0.717, 1.165) is 37.3 Å². The van der Waals surface area contributed by atoms with Gasteiger partial charge in [0.1, 0.15) is 17.4 Å². The van der Waals surface area contributed by atoms with Gasteiger partial charge in [-0.1, -0.05) is 6.92 Å². The van der Waals surface area contributed by atoms with Crippen LogP contribution < -0.4 is 4.74 Å². The van der Waals surface area contributed by atoms with Crippen LogP contribution in [0.1, 0.15) is 25.6 Å². The molecule has 0 N–H and O–H groups in total. The Morgan fingerprint density at radius 1 is 1.09 bits per heavy atom. The van der Waals surface area contributed by atoms with E-state index in [4.69, 9.17) is 9.72 Å². The zero-order valence-corrected chi connectivity index (χ0v) is 19.9. The number of hydrogen-bond donors (Lipinski definition) is 0. The van der Waals surface area contributed by atoms with Crippen molar-refractivity contribution in [2.45, 2.75) is 37.8 Å². The number of hydrogen-bond acceptors (Lipinski definition) is 5. The van der Waals surface area contributed by atoms with Gasteiger partial charge in [0.2, 0.25) is 10.0 Å². The van der Waals surface area contributed by atoms with E-state index in [1.54, 1.807) is 24.3 Å². The summed E-state index contributed by atoms with van der Waals surface area (Å²) in [5.74, 6) is 1.28. The minimum Gasteiger partial charge on any atom is -0.494 e. The molecular formula is C23H31FN4O3S. The van der Waals surface area contributed by atoms with Gasteiger partial charge in [-0.3, -0.25) is 4.90 Å². The highest BCUT2D eigenvalue weighted by atomic mass is 32.2. The first-order valence-corrected chi connectivity index (χ1v) is 12.1. The predicted molar refractivity (Wildman–Crippen MR) is 124 cm³/mol. The third kappa shape index (κ3) is 5.65. The Morgan fingerprint density at radius 3 is 2.47 bits per heavy atom. The van der Waals surface area contributed by atoms with Gasteiger partial charge < -0.3 is 9.30 Å². The van der Waals surface area contributed by atoms with E-state index in [1.807, 2.05) is 13.1 Å². The molecule has 0 saturated carbocycles. The van der Waals surface area contributed by atoms with Gasteiger partial charge in [0.05, 0.1) is 29.1 Å². The second-order valence-electron chi connectivity index (χ2n) is 8.01. The van der Waals surface area contributed by atoms with Gasteiger partial charge in [-0.15, -0.1) is 0 Å². The van der Waals surface area contributed by atoms with Crippen molar-refractivity contribution in [3.8, 4) is 5.75 Å². The lowest BCUT2D eigenvalue weighted by atomic mass is 10.3. The van der Waals surface area contributed by atoms with Gasteiger partial charge >= 0.3 is 0 Å². The number of imidazole rings is 1. The van der Waals surface area contributed by atoms with Crippen LogP contribution in [0, 0.1) is 5.82 Å². The molecule has 0 atom stereocenters. The quantitative estimate of drug-likeness (QED) is 0.406. The maximum Gasteiger partial charge on any atom is 0.242 e. The molecule has 0 fully saturated rings. The first kappa shape index (κ1) is 24.2. The molecule has 1 aromatic heterocycles. The van der Waals surface area contributed by atoms with E-state index in [0.29, 0.717) is 24.4 Å². The Labute approximate surface area is 189 Å². The average molecular weight is 463 g/mol. The highest BCUT2D eigenvalue weighted by Gasteiger charge is 2.20. The molecule has 0 saturated heterocycles. The Balaban J connectivity index is 1.68. The zero-order chi connectivity index (χ0) is 23.3. The summed E-state index contributed by atoms with van der Waals surface area (Å²) in [6.07, 6.45) is 1.76. The normalized spacial score (nSPS) is 12.2. The molecule has 0 aliphatic rings. The number of fused-ring (bicyclic) bond motifs is 1. The maximum absolute atomic E-state index is 13.0. The third-order valence-corrected chi connectivity index (χ3v) is 7.01. The predicted octanol–water partition coefficient (Wildman–Crippen LogP) is 3.74. The zero-order valence-electron chi connectivity index (χ0n) is 19.1. The number of halogens is 1. The second kappa shape index (κ2) is 10.4. The standard InChI is InChI=1S/C23H31FN4O3S/c1-5-13-28-22-12-11-20(32(29,30)26(2)3)16-21(22)25-23(28)17-27(4)14-6-15-31-19-9-7-18(24)8-10-19/h7-12,16H,5-6,13-15,17H2,1-4H3. The van der Waals surface area contributed by atoms with Crippen LogP contribution in [-0.4, -0.2) is 61.5 Å². The third-order valence-electron chi connectivity index (χ3n) is 5.20. The Kier molecular flexibility index (Phi) is 7.86. The minimum atomic E-state index is -3.51. The summed E-state index contributed by atoms with van der Waals surface area (Å²) in [6.45, 7) is 4.90. The summed E-state index contributed by atoms with van der Waals surface area (Å²) in [4.78, 5) is 7.17. The Bertz CT molecular complexity index is 1140. The molecule has 0 amide bonds. The fourth-order valence-electron chi connectivity index (χ4n) is 3.50. The lowest BCUT2D eigenvalue weighted by molar-refractivity contribution is 0.254. The molecule has 0 unspecified atom stereocenters. The lowest BCUT2D eigenvalue weighted by Crippen LogP contribution is -2.23. The molecule has 9 heteroatoms. The van der Waals surface area contributed by atoms with Crippen LogP contribution in [0.4, 0.5) is 4.39 Å². The highest BCUT2D eigenvalue weighted by Crippen LogP contribution is 2.23. The van der Waals surface area contributed by atoms with Crippen LogP contribution in [0.3, 0.4) is 0 Å². The molecule has 2 aromatic carbocycles. The van der Waals surface area contributed by atoms with Crippen LogP contribution in [0.2, 0.25) is 0 Å². The first-order chi connectivity index (χ1) is 15.2. The second-order valence-corrected chi connectivity index (χ2v) is 10.2. The smallest absolute Gasteiger partial charge is 0.242 e. The van der Waals surface area contributed by atoms with E-state index >= 15 is 0 Å². The van der Waals surface area contributed by atoms with E-state index in [1.165, 1.54) is 30.5 Å². The molecule has 3 rings (SSSR count). The Hall–Kier alpha value is -2.49. The van der Waals surface area contributed by atoms with Crippen LogP contribution in [0.5, 0.6) is 5.75 Å². The Morgan fingerprint density at radius 2 is 1.81 bits per heavy atom. The van der Waals surface area contributed by atoms with E-state index < -0.39 is 10.0 Å². The molecule has 174 valence electrons. The SMILES string of the molecule is CCCn1c(CN(C)CCCOc2ccc(F)cc2)nc2cc(S(=O)(=O)N(C)C)ccc21. The fraction of sp³-hybridized carbons (Fsp3) is 0.435. The summed E-state index contributed by atoms with van der Waals surface area (Å²) in [6, 6.07) is 11.1. The van der Waals surface area contributed by atoms with E-state index in [9.17, 15) is 12.8 Å². The highest BCUT2D eigenvalue weighted by molar-refractivity contribution is 7.89. The van der Waals surface area contributed by atoms with Crippen LogP contribution in [0.25, 0.3) is 11.0 Å². The number of nitrogens with zero attached hydrogens (tertiary/aromatic N) is 4. The molecule has 0 bridgehead atoms. The van der Waals surface area contributed by atoms with Gasteiger partial charge in [0, 0.05) is 27.2 Å². The topological polar surface area (TPSA) is 67.7 Å². The summed E-state index contributed by atoms with van der Waals surface area (Å²) >= 11 is 0. The number of rotatable bonds is 11. The number of sulfonamides is 1. The summed E-state index contributed by atoms with van der Waals surface area (Å²) in [5, 5.41) is 0. The minimum absolute atomic E-state index is 0.244. The first-order valence-electron chi connectivity index (χ1n) is 10.7. The molecule has 0 radical (unpaired) electrons.